The second-order valence-corrected chi connectivity index (χ2v) is 17.3. The summed E-state index contributed by atoms with van der Waals surface area (Å²) in [5.41, 5.74) is 19.4. The first kappa shape index (κ1) is 39.9. The average molecular weight is 773 g/mol. The van der Waals surface area contributed by atoms with Crippen LogP contribution >= 0.6 is 0 Å². The van der Waals surface area contributed by atoms with Gasteiger partial charge in [0.1, 0.15) is 12.1 Å². The molecule has 13 nitrogen and oxygen atoms in total. The number of nitrogens with two attached hydrogens (primary N) is 2. The molecule has 0 radical (unpaired) electrons. The van der Waals surface area contributed by atoms with Gasteiger partial charge >= 0.3 is 0 Å². The van der Waals surface area contributed by atoms with Crippen LogP contribution in [0.1, 0.15) is 104 Å². The largest absolute Gasteiger partial charge is 0.383 e. The Morgan fingerprint density at radius 3 is 2.58 bits per heavy atom. The highest BCUT2D eigenvalue weighted by Gasteiger charge is 2.42. The standard InChI is InChI=1S/C44H56N10O3/c1-6-28-20-31-32(44(4,5)40-38(39(31)56)30-13-12-27(22-45)19-34(30)50-40)21-35(28)53-15-17-54(18-16-53)37(55)11-8-14-52-24-36(43(2,3)25-52)51-42(57)33(46)10-7-9-29-23-48-26-49-41(29)47/h12-13,19-21,23,26,33,36,50H,6-11,14-18,24-25,46H2,1-5H3,(H,51,57)(H2,47,48,49)/t33-,36-/m0/s1. The van der Waals surface area contributed by atoms with Crippen LogP contribution in [-0.4, -0.2) is 100 Å². The van der Waals surface area contributed by atoms with Crippen LogP contribution in [0.5, 0.6) is 0 Å². The minimum absolute atomic E-state index is 0.0159. The number of carbonyl (C=O) groups is 3. The number of ketones is 1. The van der Waals surface area contributed by atoms with Crippen molar-refractivity contribution in [2.24, 2.45) is 11.1 Å². The molecule has 1 aliphatic carbocycles. The molecular weight excluding hydrogens is 717 g/mol. The number of benzene rings is 2. The van der Waals surface area contributed by atoms with Gasteiger partial charge < -0.3 is 36.5 Å². The Morgan fingerprint density at radius 1 is 1.09 bits per heavy atom. The third kappa shape index (κ3) is 7.85. The molecule has 2 amide bonds. The molecule has 300 valence electrons. The Kier molecular flexibility index (Phi) is 11.1. The number of amides is 2. The maximum atomic E-state index is 14.1. The molecule has 7 rings (SSSR count). The van der Waals surface area contributed by atoms with Crippen LogP contribution < -0.4 is 21.7 Å². The number of carbonyl (C=O) groups excluding carboxylic acids is 3. The van der Waals surface area contributed by atoms with E-state index in [1.807, 2.05) is 17.0 Å². The summed E-state index contributed by atoms with van der Waals surface area (Å²) in [5.74, 6) is 0.509. The van der Waals surface area contributed by atoms with Gasteiger partial charge in [-0.25, -0.2) is 9.97 Å². The third-order valence-corrected chi connectivity index (χ3v) is 12.6. The Labute approximate surface area is 335 Å². The minimum Gasteiger partial charge on any atom is -0.383 e. The lowest BCUT2D eigenvalue weighted by atomic mass is 9.70. The average Bonchev–Trinajstić information content (AvgIpc) is 3.73. The van der Waals surface area contributed by atoms with Crippen LogP contribution in [0.2, 0.25) is 0 Å². The van der Waals surface area contributed by atoms with E-state index in [0.29, 0.717) is 55.7 Å². The molecule has 4 aromatic rings. The lowest BCUT2D eigenvalue weighted by Crippen LogP contribution is -2.50. The molecule has 2 atom stereocenters. The first-order valence-electron chi connectivity index (χ1n) is 20.4. The quantitative estimate of drug-likeness (QED) is 0.160. The van der Waals surface area contributed by atoms with E-state index in [-0.39, 0.29) is 29.1 Å². The summed E-state index contributed by atoms with van der Waals surface area (Å²) >= 11 is 0. The molecule has 0 spiro atoms. The highest BCUT2D eigenvalue weighted by atomic mass is 16.2. The van der Waals surface area contributed by atoms with Crippen molar-refractivity contribution in [3.63, 3.8) is 0 Å². The van der Waals surface area contributed by atoms with Gasteiger partial charge in [-0.15, -0.1) is 0 Å². The maximum absolute atomic E-state index is 14.1. The number of piperazine rings is 1. The number of rotatable bonds is 12. The van der Waals surface area contributed by atoms with Crippen LogP contribution in [0.3, 0.4) is 0 Å². The number of anilines is 2. The number of nitrogens with zero attached hydrogens (tertiary/aromatic N) is 6. The zero-order chi connectivity index (χ0) is 40.6. The van der Waals surface area contributed by atoms with Crippen molar-refractivity contribution < 1.29 is 14.4 Å². The monoisotopic (exact) mass is 772 g/mol. The summed E-state index contributed by atoms with van der Waals surface area (Å²) in [7, 11) is 0. The number of aromatic nitrogens is 3. The first-order chi connectivity index (χ1) is 27.2. The second kappa shape index (κ2) is 15.9. The lowest BCUT2D eigenvalue weighted by Gasteiger charge is -2.39. The van der Waals surface area contributed by atoms with Crippen molar-refractivity contribution in [2.75, 3.05) is 56.4 Å². The number of likely N-dealkylation sites (tertiary alicyclic amines) is 1. The van der Waals surface area contributed by atoms with Crippen molar-refractivity contribution in [2.45, 2.75) is 90.6 Å². The summed E-state index contributed by atoms with van der Waals surface area (Å²) in [5, 5.41) is 13.5. The highest BCUT2D eigenvalue weighted by Crippen LogP contribution is 2.46. The van der Waals surface area contributed by atoms with E-state index in [1.165, 1.54) is 6.33 Å². The predicted molar refractivity (Wildman–Crippen MR) is 222 cm³/mol. The normalized spacial score (nSPS) is 19.2. The van der Waals surface area contributed by atoms with Crippen LogP contribution in [0, 0.1) is 16.7 Å². The number of aromatic amines is 1. The smallest absolute Gasteiger partial charge is 0.237 e. The summed E-state index contributed by atoms with van der Waals surface area (Å²) in [6.45, 7) is 15.9. The maximum Gasteiger partial charge on any atom is 0.237 e. The molecule has 0 unspecified atom stereocenters. The third-order valence-electron chi connectivity index (χ3n) is 12.6. The van der Waals surface area contributed by atoms with E-state index in [2.05, 4.69) is 82.9 Å². The Bertz CT molecular complexity index is 2230. The number of fused-ring (bicyclic) bond motifs is 4. The molecule has 13 heteroatoms. The molecule has 2 fully saturated rings. The van der Waals surface area contributed by atoms with Crippen molar-refractivity contribution in [3.8, 4) is 6.07 Å². The van der Waals surface area contributed by atoms with E-state index in [0.717, 1.165) is 90.1 Å². The molecule has 2 aliphatic heterocycles. The minimum atomic E-state index is -0.607. The van der Waals surface area contributed by atoms with Crippen LogP contribution in [0.4, 0.5) is 11.5 Å². The van der Waals surface area contributed by atoms with Crippen molar-refractivity contribution in [3.05, 3.63) is 81.9 Å². The molecule has 6 N–H and O–H groups in total. The summed E-state index contributed by atoms with van der Waals surface area (Å²) < 4.78 is 0. The predicted octanol–water partition coefficient (Wildman–Crippen LogP) is 4.45. The fraction of sp³-hybridized carbons (Fsp3) is 0.500. The van der Waals surface area contributed by atoms with Crippen LogP contribution in [-0.2, 0) is 27.8 Å². The van der Waals surface area contributed by atoms with E-state index in [4.69, 9.17) is 11.5 Å². The number of H-pyrrole nitrogens is 1. The van der Waals surface area contributed by atoms with E-state index >= 15 is 0 Å². The van der Waals surface area contributed by atoms with E-state index in [9.17, 15) is 19.6 Å². The van der Waals surface area contributed by atoms with Gasteiger partial charge in [0.2, 0.25) is 11.8 Å². The molecule has 0 bridgehead atoms. The number of nitrogen functional groups attached to an aromatic ring is 1. The molecule has 4 heterocycles. The molecule has 2 aromatic heterocycles. The number of nitrogens with one attached hydrogen (secondary N) is 2. The van der Waals surface area contributed by atoms with Crippen LogP contribution in [0.15, 0.2) is 42.9 Å². The molecular formula is C44H56N10O3. The van der Waals surface area contributed by atoms with E-state index < -0.39 is 11.5 Å². The molecule has 2 saturated heterocycles. The fourth-order valence-corrected chi connectivity index (χ4v) is 9.12. The molecule has 0 saturated carbocycles. The Balaban J connectivity index is 0.906. The fourth-order valence-electron chi connectivity index (χ4n) is 9.12. The lowest BCUT2D eigenvalue weighted by molar-refractivity contribution is -0.131. The number of aryl methyl sites for hydroxylation is 2. The number of nitriles is 1. The first-order valence-corrected chi connectivity index (χ1v) is 20.4. The van der Waals surface area contributed by atoms with Gasteiger partial charge in [0.15, 0.2) is 5.78 Å². The van der Waals surface area contributed by atoms with Gasteiger partial charge in [-0.1, -0.05) is 40.7 Å². The van der Waals surface area contributed by atoms with Crippen molar-refractivity contribution in [1.82, 2.24) is 30.1 Å². The second-order valence-electron chi connectivity index (χ2n) is 17.3. The van der Waals surface area contributed by atoms with Gasteiger partial charge in [0.25, 0.3) is 0 Å². The van der Waals surface area contributed by atoms with Gasteiger partial charge in [0.05, 0.1) is 23.2 Å². The van der Waals surface area contributed by atoms with Gasteiger partial charge in [-0.2, -0.15) is 5.26 Å². The molecule has 57 heavy (non-hydrogen) atoms. The van der Waals surface area contributed by atoms with E-state index in [1.54, 1.807) is 12.3 Å². The van der Waals surface area contributed by atoms with Crippen LogP contribution in [0.25, 0.3) is 10.9 Å². The topological polar surface area (TPSA) is 190 Å². The highest BCUT2D eigenvalue weighted by molar-refractivity contribution is 6.20. The zero-order valence-electron chi connectivity index (χ0n) is 34.0. The zero-order valence-corrected chi connectivity index (χ0v) is 34.0. The summed E-state index contributed by atoms with van der Waals surface area (Å²) in [4.78, 5) is 58.8. The van der Waals surface area contributed by atoms with Gasteiger partial charge in [-0.3, -0.25) is 14.4 Å². The molecule has 2 aromatic carbocycles. The summed E-state index contributed by atoms with van der Waals surface area (Å²) in [6, 6.07) is 11.3. The SMILES string of the molecule is CCc1cc2c(cc1N1CCN(C(=O)CCCN3C[C@H](NC(=O)[C@@H](N)CCCc4cncnc4N)C(C)(C)C3)CC1)C(C)(C)c1[nH]c3cc(C#N)ccc3c1C2=O. The summed E-state index contributed by atoms with van der Waals surface area (Å²) in [6.07, 6.45) is 7.07. The number of hydrogen-bond acceptors (Lipinski definition) is 10. The van der Waals surface area contributed by atoms with Gasteiger partial charge in [-0.05, 0) is 79.5 Å². The van der Waals surface area contributed by atoms with Crippen molar-refractivity contribution >= 4 is 40.0 Å². The number of hydrogen-bond donors (Lipinski definition) is 4. The van der Waals surface area contributed by atoms with Gasteiger partial charge in [0, 0.05) is 96.8 Å². The Morgan fingerprint density at radius 2 is 1.86 bits per heavy atom. The Hall–Kier alpha value is -5.32. The van der Waals surface area contributed by atoms with Crippen molar-refractivity contribution in [1.29, 1.82) is 5.26 Å². The molecule has 3 aliphatic rings.